The molecule has 1 aromatic heterocycles. The fraction of sp³-hybridized carbons (Fsp3) is 0.500. The summed E-state index contributed by atoms with van der Waals surface area (Å²) >= 11 is 5.38. The molecule has 0 aliphatic carbocycles. The van der Waals surface area contributed by atoms with Crippen molar-refractivity contribution in [1.82, 2.24) is 9.55 Å². The number of aromatic nitrogens is 2. The van der Waals surface area contributed by atoms with Crippen LogP contribution >= 0.6 is 12.2 Å². The number of H-pyrrole nitrogens is 1. The molecule has 110 valence electrons. The third kappa shape index (κ3) is 2.81. The van der Waals surface area contributed by atoms with Crippen LogP contribution < -0.4 is 9.47 Å². The predicted octanol–water partition coefficient (Wildman–Crippen LogP) is 3.14. The van der Waals surface area contributed by atoms with E-state index >= 15 is 0 Å². The molecular formula is C14H20N2O3S. The molecule has 0 aliphatic rings. The highest BCUT2D eigenvalue weighted by Crippen LogP contribution is 2.32. The fourth-order valence-electron chi connectivity index (χ4n) is 2.26. The summed E-state index contributed by atoms with van der Waals surface area (Å²) in [6, 6.07) is 3.82. The number of aromatic amines is 1. The molecule has 1 aromatic carbocycles. The number of nitrogens with zero attached hydrogens (tertiary/aromatic N) is 1. The topological polar surface area (TPSA) is 48.4 Å². The van der Waals surface area contributed by atoms with E-state index in [1.165, 1.54) is 0 Å². The third-order valence-electron chi connectivity index (χ3n) is 3.17. The number of hydrogen-bond donors (Lipinski definition) is 1. The van der Waals surface area contributed by atoms with E-state index in [1.807, 2.05) is 30.5 Å². The minimum absolute atomic E-state index is 0.0961. The molecule has 2 rings (SSSR count). The van der Waals surface area contributed by atoms with Crippen LogP contribution in [0, 0.1) is 4.77 Å². The van der Waals surface area contributed by atoms with Crippen LogP contribution in [0.1, 0.15) is 13.8 Å². The second-order valence-electron chi connectivity index (χ2n) is 4.53. The van der Waals surface area contributed by atoms with E-state index in [9.17, 15) is 0 Å². The highest BCUT2D eigenvalue weighted by molar-refractivity contribution is 7.71. The molecule has 0 fully saturated rings. The van der Waals surface area contributed by atoms with Gasteiger partial charge in [-0.3, -0.25) is 0 Å². The Labute approximate surface area is 123 Å². The highest BCUT2D eigenvalue weighted by Gasteiger charge is 2.13. The number of hydrogen-bond acceptors (Lipinski definition) is 4. The Balaban J connectivity index is 2.49. The van der Waals surface area contributed by atoms with Crippen LogP contribution in [0.15, 0.2) is 12.1 Å². The van der Waals surface area contributed by atoms with Crippen molar-refractivity contribution in [2.24, 2.45) is 0 Å². The molecule has 2 aromatic rings. The molecule has 0 bridgehead atoms. The van der Waals surface area contributed by atoms with E-state index in [1.54, 1.807) is 14.2 Å². The number of ether oxygens (including phenoxy) is 3. The van der Waals surface area contributed by atoms with Gasteiger partial charge in [0.2, 0.25) is 0 Å². The average Bonchev–Trinajstić information content (AvgIpc) is 2.73. The summed E-state index contributed by atoms with van der Waals surface area (Å²) in [5.74, 6) is 1.37. The summed E-state index contributed by atoms with van der Waals surface area (Å²) < 4.78 is 18.9. The molecule has 0 saturated heterocycles. The second kappa shape index (κ2) is 6.28. The van der Waals surface area contributed by atoms with Crippen LogP contribution in [-0.2, 0) is 11.3 Å². The lowest BCUT2D eigenvalue weighted by molar-refractivity contribution is 0.0645. The molecule has 0 amide bonds. The molecule has 20 heavy (non-hydrogen) atoms. The Hall–Kier alpha value is -1.53. The maximum atomic E-state index is 5.58. The van der Waals surface area contributed by atoms with Crippen molar-refractivity contribution < 1.29 is 14.2 Å². The van der Waals surface area contributed by atoms with E-state index in [-0.39, 0.29) is 6.10 Å². The second-order valence-corrected chi connectivity index (χ2v) is 4.92. The first-order valence-corrected chi connectivity index (χ1v) is 6.97. The van der Waals surface area contributed by atoms with Crippen molar-refractivity contribution >= 4 is 23.3 Å². The van der Waals surface area contributed by atoms with Gasteiger partial charge in [0.25, 0.3) is 0 Å². The Bertz CT molecular complexity index is 648. The normalized spacial score (nSPS) is 12.6. The standard InChI is InChI=1S/C14H20N2O3S/c1-5-19-9(2)8-16-11-7-13(18-4)12(17-3)6-10(11)15-14(16)20/h6-7,9H,5,8H2,1-4H3,(H,15,20). The molecule has 6 heteroatoms. The summed E-state index contributed by atoms with van der Waals surface area (Å²) in [6.07, 6.45) is 0.0961. The zero-order valence-corrected chi connectivity index (χ0v) is 13.0. The highest BCUT2D eigenvalue weighted by atomic mass is 32.1. The molecule has 0 spiro atoms. The van der Waals surface area contributed by atoms with Crippen LogP contribution in [0.2, 0.25) is 0 Å². The minimum Gasteiger partial charge on any atom is -0.493 e. The van der Waals surface area contributed by atoms with Gasteiger partial charge in [0.05, 0.1) is 37.9 Å². The Kier molecular flexibility index (Phi) is 4.67. The van der Waals surface area contributed by atoms with Gasteiger partial charge in [-0.2, -0.15) is 0 Å². The summed E-state index contributed by atoms with van der Waals surface area (Å²) in [6.45, 7) is 5.40. The zero-order chi connectivity index (χ0) is 14.7. The predicted molar refractivity (Wildman–Crippen MR) is 81.3 cm³/mol. The van der Waals surface area contributed by atoms with Crippen molar-refractivity contribution in [3.8, 4) is 11.5 Å². The average molecular weight is 296 g/mol. The van der Waals surface area contributed by atoms with E-state index in [0.717, 1.165) is 11.0 Å². The molecule has 1 atom stereocenters. The van der Waals surface area contributed by atoms with Crippen LogP contribution in [-0.4, -0.2) is 36.5 Å². The van der Waals surface area contributed by atoms with Gasteiger partial charge in [-0.15, -0.1) is 0 Å². The zero-order valence-electron chi connectivity index (χ0n) is 12.2. The maximum absolute atomic E-state index is 5.58. The monoisotopic (exact) mass is 296 g/mol. The van der Waals surface area contributed by atoms with Crippen LogP contribution in [0.5, 0.6) is 11.5 Å². The molecule has 5 nitrogen and oxygen atoms in total. The van der Waals surface area contributed by atoms with E-state index in [0.29, 0.717) is 29.4 Å². The number of imidazole rings is 1. The number of nitrogens with one attached hydrogen (secondary N) is 1. The molecular weight excluding hydrogens is 276 g/mol. The van der Waals surface area contributed by atoms with E-state index < -0.39 is 0 Å². The molecule has 1 unspecified atom stereocenters. The first-order valence-electron chi connectivity index (χ1n) is 6.56. The van der Waals surface area contributed by atoms with E-state index in [2.05, 4.69) is 4.98 Å². The van der Waals surface area contributed by atoms with Crippen LogP contribution in [0.4, 0.5) is 0 Å². The molecule has 0 radical (unpaired) electrons. The van der Waals surface area contributed by atoms with Crippen LogP contribution in [0.3, 0.4) is 0 Å². The lowest BCUT2D eigenvalue weighted by Gasteiger charge is -2.13. The van der Waals surface area contributed by atoms with Gasteiger partial charge in [0.1, 0.15) is 0 Å². The van der Waals surface area contributed by atoms with Gasteiger partial charge in [-0.1, -0.05) is 0 Å². The van der Waals surface area contributed by atoms with Gasteiger partial charge >= 0.3 is 0 Å². The van der Waals surface area contributed by atoms with Crippen molar-refractivity contribution in [3.05, 3.63) is 16.9 Å². The van der Waals surface area contributed by atoms with Gasteiger partial charge < -0.3 is 23.8 Å². The van der Waals surface area contributed by atoms with E-state index in [4.69, 9.17) is 26.4 Å². The van der Waals surface area contributed by atoms with Gasteiger partial charge in [0, 0.05) is 18.7 Å². The molecule has 0 saturated carbocycles. The largest absolute Gasteiger partial charge is 0.493 e. The first kappa shape index (κ1) is 14.9. The van der Waals surface area contributed by atoms with Crippen molar-refractivity contribution in [2.45, 2.75) is 26.5 Å². The van der Waals surface area contributed by atoms with Crippen molar-refractivity contribution in [3.63, 3.8) is 0 Å². The smallest absolute Gasteiger partial charge is 0.178 e. The lowest BCUT2D eigenvalue weighted by Crippen LogP contribution is -2.16. The Morgan fingerprint density at radius 1 is 1.25 bits per heavy atom. The van der Waals surface area contributed by atoms with Gasteiger partial charge in [0.15, 0.2) is 16.3 Å². The Morgan fingerprint density at radius 2 is 1.90 bits per heavy atom. The lowest BCUT2D eigenvalue weighted by atomic mass is 10.2. The van der Waals surface area contributed by atoms with Crippen molar-refractivity contribution in [1.29, 1.82) is 0 Å². The molecule has 1 heterocycles. The number of rotatable bonds is 6. The van der Waals surface area contributed by atoms with Crippen LogP contribution in [0.25, 0.3) is 11.0 Å². The fourth-order valence-corrected chi connectivity index (χ4v) is 2.54. The molecule has 1 N–H and O–H groups in total. The van der Waals surface area contributed by atoms with Gasteiger partial charge in [-0.05, 0) is 26.1 Å². The number of benzene rings is 1. The SMILES string of the molecule is CCOC(C)Cn1c(=S)[nH]c2cc(OC)c(OC)cc21. The summed E-state index contributed by atoms with van der Waals surface area (Å²) in [5, 5.41) is 0. The van der Waals surface area contributed by atoms with Gasteiger partial charge in [-0.25, -0.2) is 0 Å². The maximum Gasteiger partial charge on any atom is 0.178 e. The first-order chi connectivity index (χ1) is 9.60. The number of fused-ring (bicyclic) bond motifs is 1. The third-order valence-corrected chi connectivity index (χ3v) is 3.49. The van der Waals surface area contributed by atoms with Crippen molar-refractivity contribution in [2.75, 3.05) is 20.8 Å². The summed E-state index contributed by atoms with van der Waals surface area (Å²) in [4.78, 5) is 3.19. The summed E-state index contributed by atoms with van der Waals surface area (Å²) in [7, 11) is 3.24. The quantitative estimate of drug-likeness (QED) is 0.832. The Morgan fingerprint density at radius 3 is 2.50 bits per heavy atom. The molecule has 0 aliphatic heterocycles. The minimum atomic E-state index is 0.0961. The number of methoxy groups -OCH3 is 2. The summed E-state index contributed by atoms with van der Waals surface area (Å²) in [5.41, 5.74) is 1.91.